The van der Waals surface area contributed by atoms with Gasteiger partial charge in [0.05, 0.1) is 17.0 Å². The number of amides is 1. The highest BCUT2D eigenvalue weighted by Crippen LogP contribution is 2.43. The Bertz CT molecular complexity index is 729. The smallest absolute Gasteiger partial charge is 0.263 e. The highest BCUT2D eigenvalue weighted by molar-refractivity contribution is 9.10. The van der Waals surface area contributed by atoms with Gasteiger partial charge in [-0.05, 0) is 29.6 Å². The Kier molecular flexibility index (Phi) is 3.47. The SMILES string of the molecule is CN1C(=O)[C@@](O)(CC(=O)c2cccs2)c2cc(Br)ccc21. The number of hydrogen-bond acceptors (Lipinski definition) is 4. The molecule has 1 aromatic heterocycles. The van der Waals surface area contributed by atoms with E-state index in [1.165, 1.54) is 16.2 Å². The molecule has 0 unspecified atom stereocenters. The lowest BCUT2D eigenvalue weighted by Gasteiger charge is -2.20. The maximum atomic E-state index is 12.4. The Morgan fingerprint density at radius 2 is 2.19 bits per heavy atom. The highest BCUT2D eigenvalue weighted by atomic mass is 79.9. The van der Waals surface area contributed by atoms with Crippen molar-refractivity contribution in [1.82, 2.24) is 0 Å². The second-order valence-corrected chi connectivity index (χ2v) is 6.83. The lowest BCUT2D eigenvalue weighted by Crippen LogP contribution is -2.40. The van der Waals surface area contributed by atoms with E-state index in [1.54, 1.807) is 42.8 Å². The van der Waals surface area contributed by atoms with Crippen molar-refractivity contribution in [2.45, 2.75) is 12.0 Å². The quantitative estimate of drug-likeness (QED) is 0.850. The largest absolute Gasteiger partial charge is 0.375 e. The number of likely N-dealkylation sites (N-methyl/N-ethyl adjacent to an activating group) is 1. The topological polar surface area (TPSA) is 57.6 Å². The number of thiophene rings is 1. The van der Waals surface area contributed by atoms with Crippen LogP contribution in [0.1, 0.15) is 21.7 Å². The summed E-state index contributed by atoms with van der Waals surface area (Å²) in [5.74, 6) is -0.706. The summed E-state index contributed by atoms with van der Waals surface area (Å²) in [6, 6.07) is 8.72. The second-order valence-electron chi connectivity index (χ2n) is 4.96. The van der Waals surface area contributed by atoms with Gasteiger partial charge in [-0.15, -0.1) is 11.3 Å². The van der Waals surface area contributed by atoms with E-state index in [-0.39, 0.29) is 12.2 Å². The molecule has 108 valence electrons. The molecule has 1 aromatic carbocycles. The monoisotopic (exact) mass is 365 g/mol. The zero-order valence-corrected chi connectivity index (χ0v) is 13.6. The minimum atomic E-state index is -1.80. The molecule has 0 saturated heterocycles. The number of fused-ring (bicyclic) bond motifs is 1. The fourth-order valence-electron chi connectivity index (χ4n) is 2.56. The zero-order valence-electron chi connectivity index (χ0n) is 11.2. The molecule has 3 rings (SSSR count). The normalized spacial score (nSPS) is 20.7. The summed E-state index contributed by atoms with van der Waals surface area (Å²) >= 11 is 4.64. The minimum Gasteiger partial charge on any atom is -0.375 e. The summed E-state index contributed by atoms with van der Waals surface area (Å²) < 4.78 is 0.756. The van der Waals surface area contributed by atoms with Crippen LogP contribution in [0.25, 0.3) is 0 Å². The molecule has 1 aliphatic heterocycles. The summed E-state index contributed by atoms with van der Waals surface area (Å²) in [6.45, 7) is 0. The predicted molar refractivity (Wildman–Crippen MR) is 84.7 cm³/mol. The van der Waals surface area contributed by atoms with E-state index in [0.717, 1.165) is 4.47 Å². The van der Waals surface area contributed by atoms with Gasteiger partial charge in [0.15, 0.2) is 11.4 Å². The van der Waals surface area contributed by atoms with Crippen LogP contribution in [0.5, 0.6) is 0 Å². The number of anilines is 1. The molecule has 1 aliphatic rings. The maximum Gasteiger partial charge on any atom is 0.263 e. The number of carbonyl (C=O) groups is 2. The average molecular weight is 366 g/mol. The molecule has 0 aliphatic carbocycles. The zero-order chi connectivity index (χ0) is 15.2. The van der Waals surface area contributed by atoms with Gasteiger partial charge in [-0.25, -0.2) is 0 Å². The molecule has 1 amide bonds. The molecular formula is C15H12BrNO3S. The van der Waals surface area contributed by atoms with Crippen LogP contribution in [0.3, 0.4) is 0 Å². The average Bonchev–Trinajstić information content (AvgIpc) is 3.04. The van der Waals surface area contributed by atoms with Crippen molar-refractivity contribution in [2.24, 2.45) is 0 Å². The van der Waals surface area contributed by atoms with E-state index < -0.39 is 11.5 Å². The van der Waals surface area contributed by atoms with E-state index in [1.807, 2.05) is 0 Å². The lowest BCUT2D eigenvalue weighted by atomic mass is 9.89. The molecule has 21 heavy (non-hydrogen) atoms. The first-order chi connectivity index (χ1) is 9.93. The van der Waals surface area contributed by atoms with Gasteiger partial charge in [0.2, 0.25) is 0 Å². The minimum absolute atomic E-state index is 0.234. The van der Waals surface area contributed by atoms with Gasteiger partial charge >= 0.3 is 0 Å². The van der Waals surface area contributed by atoms with Crippen LogP contribution in [-0.4, -0.2) is 23.8 Å². The summed E-state index contributed by atoms with van der Waals surface area (Å²) in [5.41, 5.74) is -0.700. The molecule has 6 heteroatoms. The summed E-state index contributed by atoms with van der Waals surface area (Å²) in [6.07, 6.45) is -0.250. The van der Waals surface area contributed by atoms with Crippen LogP contribution in [0.15, 0.2) is 40.2 Å². The second kappa shape index (κ2) is 5.05. The van der Waals surface area contributed by atoms with Gasteiger partial charge in [-0.1, -0.05) is 22.0 Å². The van der Waals surface area contributed by atoms with E-state index in [2.05, 4.69) is 15.9 Å². The third-order valence-electron chi connectivity index (χ3n) is 3.64. The van der Waals surface area contributed by atoms with Gasteiger partial charge in [-0.2, -0.15) is 0 Å². The Balaban J connectivity index is 2.03. The first kappa shape index (κ1) is 14.4. The molecule has 2 aromatic rings. The van der Waals surface area contributed by atoms with Gasteiger partial charge in [0.25, 0.3) is 5.91 Å². The van der Waals surface area contributed by atoms with Gasteiger partial charge in [-0.3, -0.25) is 9.59 Å². The number of benzene rings is 1. The van der Waals surface area contributed by atoms with Crippen molar-refractivity contribution in [2.75, 3.05) is 11.9 Å². The van der Waals surface area contributed by atoms with Crippen molar-refractivity contribution in [3.63, 3.8) is 0 Å². The van der Waals surface area contributed by atoms with E-state index >= 15 is 0 Å². The van der Waals surface area contributed by atoms with Crippen molar-refractivity contribution in [1.29, 1.82) is 0 Å². The number of nitrogens with zero attached hydrogens (tertiary/aromatic N) is 1. The van der Waals surface area contributed by atoms with Crippen molar-refractivity contribution >= 4 is 44.6 Å². The number of rotatable bonds is 3. The molecule has 0 radical (unpaired) electrons. The number of hydrogen-bond donors (Lipinski definition) is 1. The van der Waals surface area contributed by atoms with Crippen LogP contribution in [0.2, 0.25) is 0 Å². The van der Waals surface area contributed by atoms with Crippen LogP contribution < -0.4 is 4.90 Å². The van der Waals surface area contributed by atoms with Crippen LogP contribution in [0.4, 0.5) is 5.69 Å². The number of carbonyl (C=O) groups excluding carboxylic acids is 2. The highest BCUT2D eigenvalue weighted by Gasteiger charge is 2.49. The molecular weight excluding hydrogens is 354 g/mol. The Morgan fingerprint density at radius 3 is 2.86 bits per heavy atom. The Labute approximate surface area is 134 Å². The van der Waals surface area contributed by atoms with E-state index in [9.17, 15) is 14.7 Å². The molecule has 0 bridgehead atoms. The molecule has 2 heterocycles. The van der Waals surface area contributed by atoms with Gasteiger partial charge in [0.1, 0.15) is 0 Å². The van der Waals surface area contributed by atoms with Crippen molar-refractivity contribution in [3.8, 4) is 0 Å². The number of ketones is 1. The summed E-state index contributed by atoms with van der Waals surface area (Å²) in [7, 11) is 1.60. The maximum absolute atomic E-state index is 12.4. The van der Waals surface area contributed by atoms with E-state index in [0.29, 0.717) is 16.1 Å². The Morgan fingerprint density at radius 1 is 1.43 bits per heavy atom. The van der Waals surface area contributed by atoms with Crippen molar-refractivity contribution in [3.05, 3.63) is 50.6 Å². The number of aliphatic hydroxyl groups is 1. The standard InChI is InChI=1S/C15H12BrNO3S/c1-17-11-5-4-9(16)7-10(11)15(20,14(17)19)8-12(18)13-3-2-6-21-13/h2-7,20H,8H2,1H3/t15-/m1/s1. The third-order valence-corrected chi connectivity index (χ3v) is 5.04. The molecule has 1 atom stereocenters. The van der Waals surface area contributed by atoms with Crippen LogP contribution in [0, 0.1) is 0 Å². The summed E-state index contributed by atoms with van der Waals surface area (Å²) in [4.78, 5) is 26.6. The fraction of sp³-hybridized carbons (Fsp3) is 0.200. The van der Waals surface area contributed by atoms with Crippen molar-refractivity contribution < 1.29 is 14.7 Å². The number of Topliss-reactive ketones (excluding diaryl/α,β-unsaturated/α-hetero) is 1. The molecule has 0 saturated carbocycles. The molecule has 0 spiro atoms. The molecule has 0 fully saturated rings. The Hall–Kier alpha value is -1.50. The summed E-state index contributed by atoms with van der Waals surface area (Å²) in [5, 5.41) is 12.6. The lowest BCUT2D eigenvalue weighted by molar-refractivity contribution is -0.135. The fourth-order valence-corrected chi connectivity index (χ4v) is 3.59. The van der Waals surface area contributed by atoms with Crippen LogP contribution >= 0.6 is 27.3 Å². The van der Waals surface area contributed by atoms with E-state index in [4.69, 9.17) is 0 Å². The molecule has 4 nitrogen and oxygen atoms in total. The number of halogens is 1. The first-order valence-corrected chi connectivity index (χ1v) is 7.98. The van der Waals surface area contributed by atoms with Gasteiger partial charge in [0, 0.05) is 17.1 Å². The van der Waals surface area contributed by atoms with Gasteiger partial charge < -0.3 is 10.0 Å². The predicted octanol–water partition coefficient (Wildman–Crippen LogP) is 2.95. The van der Waals surface area contributed by atoms with Crippen LogP contribution in [-0.2, 0) is 10.4 Å². The third kappa shape index (κ3) is 2.23. The molecule has 1 N–H and O–H groups in total. The first-order valence-electron chi connectivity index (χ1n) is 6.31.